The summed E-state index contributed by atoms with van der Waals surface area (Å²) in [6.45, 7) is -0.0752. The fourth-order valence-electron chi connectivity index (χ4n) is 12.4. The lowest BCUT2D eigenvalue weighted by atomic mass is 9.34. The van der Waals surface area contributed by atoms with E-state index < -0.39 is 0 Å². The van der Waals surface area contributed by atoms with Gasteiger partial charge in [-0.2, -0.15) is 0 Å². The smallest absolute Gasteiger partial charge is 0.252 e. The van der Waals surface area contributed by atoms with Gasteiger partial charge in [0, 0.05) is 79.5 Å². The molecule has 0 aliphatic carbocycles. The first kappa shape index (κ1) is 37.8. The van der Waals surface area contributed by atoms with E-state index in [0.717, 1.165) is 16.8 Å². The zero-order chi connectivity index (χ0) is 45.6. The van der Waals surface area contributed by atoms with Crippen molar-refractivity contribution in [3.8, 4) is 61.6 Å². The van der Waals surface area contributed by atoms with Gasteiger partial charge < -0.3 is 13.7 Å². The Balaban J connectivity index is 1.09. The van der Waals surface area contributed by atoms with Gasteiger partial charge in [-0.05, 0) is 134 Å². The monoisotopic (exact) mass is 887 g/mol. The predicted molar refractivity (Wildman–Crippen MR) is 291 cm³/mol. The molecule has 0 unspecified atom stereocenters. The molecule has 0 radical (unpaired) electrons. The molecule has 2 aliphatic heterocycles. The number of hydrogen-bond acceptors (Lipinski definition) is 2. The SMILES string of the molecule is c1ccc(-c2ccc3c4ccc(-c5ccccc5)cc4n(-c4cc5c6c(c4)-n4c7ccccc7c7cc(-c8ccncc8)cc(c74)B6c4cc(-c6ccncc6)cc6c7ccccc7n-5c46)c3c2)cc1. The molecule has 0 bridgehead atoms. The van der Waals surface area contributed by atoms with Crippen molar-refractivity contribution >= 4 is 88.5 Å². The minimum absolute atomic E-state index is 0.0752. The molecule has 14 aromatic rings. The van der Waals surface area contributed by atoms with Crippen molar-refractivity contribution in [2.45, 2.75) is 0 Å². The molecule has 0 amide bonds. The van der Waals surface area contributed by atoms with Crippen molar-refractivity contribution < 1.29 is 0 Å². The molecule has 6 heteroatoms. The summed E-state index contributed by atoms with van der Waals surface area (Å²) >= 11 is 0. The van der Waals surface area contributed by atoms with E-state index in [-0.39, 0.29) is 6.71 Å². The van der Waals surface area contributed by atoms with Gasteiger partial charge in [0.15, 0.2) is 0 Å². The second-order valence-corrected chi connectivity index (χ2v) is 19.0. The third kappa shape index (κ3) is 5.16. The topological polar surface area (TPSA) is 40.6 Å². The highest BCUT2D eigenvalue weighted by molar-refractivity contribution is 7.00. The van der Waals surface area contributed by atoms with Gasteiger partial charge in [-0.1, -0.05) is 133 Å². The highest BCUT2D eigenvalue weighted by Crippen LogP contribution is 2.44. The number of pyridine rings is 2. The van der Waals surface area contributed by atoms with Gasteiger partial charge in [-0.3, -0.25) is 9.97 Å². The van der Waals surface area contributed by atoms with E-state index in [4.69, 9.17) is 0 Å². The van der Waals surface area contributed by atoms with Gasteiger partial charge in [-0.25, -0.2) is 0 Å². The van der Waals surface area contributed by atoms with Crippen LogP contribution in [0.15, 0.2) is 231 Å². The third-order valence-electron chi connectivity index (χ3n) is 15.4. The van der Waals surface area contributed by atoms with Crippen LogP contribution in [-0.4, -0.2) is 30.4 Å². The van der Waals surface area contributed by atoms with Crippen molar-refractivity contribution in [1.82, 2.24) is 23.7 Å². The van der Waals surface area contributed by atoms with Crippen LogP contribution in [0.4, 0.5) is 0 Å². The number of rotatable bonds is 5. The molecular weight excluding hydrogens is 850 g/mol. The second kappa shape index (κ2) is 14.1. The van der Waals surface area contributed by atoms with Crippen molar-refractivity contribution in [2.75, 3.05) is 0 Å². The lowest BCUT2D eigenvalue weighted by Crippen LogP contribution is -2.59. The summed E-state index contributed by atoms with van der Waals surface area (Å²) < 4.78 is 7.73. The Labute approximate surface area is 402 Å². The number of hydrogen-bond donors (Lipinski definition) is 0. The number of fused-ring (bicyclic) bond motifs is 13. The number of aromatic nitrogens is 5. The molecule has 0 N–H and O–H groups in total. The molecule has 9 aromatic carbocycles. The Bertz CT molecular complexity index is 4230. The zero-order valence-corrected chi connectivity index (χ0v) is 37.8. The lowest BCUT2D eigenvalue weighted by Gasteiger charge is -2.35. The highest BCUT2D eigenvalue weighted by Gasteiger charge is 2.42. The summed E-state index contributed by atoms with van der Waals surface area (Å²) in [4.78, 5) is 8.85. The van der Waals surface area contributed by atoms with E-state index in [1.165, 1.54) is 127 Å². The minimum atomic E-state index is -0.0752. The Hall–Kier alpha value is -9.26. The van der Waals surface area contributed by atoms with E-state index in [2.05, 4.69) is 230 Å². The van der Waals surface area contributed by atoms with Gasteiger partial charge in [0.2, 0.25) is 0 Å². The lowest BCUT2D eigenvalue weighted by molar-refractivity contribution is 1.10. The molecule has 7 heterocycles. The van der Waals surface area contributed by atoms with Crippen LogP contribution in [0, 0.1) is 0 Å². The average molecular weight is 888 g/mol. The molecule has 70 heavy (non-hydrogen) atoms. The van der Waals surface area contributed by atoms with Crippen LogP contribution in [-0.2, 0) is 0 Å². The molecule has 0 saturated carbocycles. The molecule has 0 fully saturated rings. The Morgan fingerprint density at radius 2 is 0.700 bits per heavy atom. The van der Waals surface area contributed by atoms with Gasteiger partial charge in [-0.15, -0.1) is 0 Å². The first-order chi connectivity index (χ1) is 34.7. The first-order valence-corrected chi connectivity index (χ1v) is 24.1. The van der Waals surface area contributed by atoms with Crippen LogP contribution in [0.1, 0.15) is 0 Å². The number of nitrogens with zero attached hydrogens (tertiary/aromatic N) is 5. The first-order valence-electron chi connectivity index (χ1n) is 24.1. The number of benzene rings is 9. The second-order valence-electron chi connectivity index (χ2n) is 19.0. The quantitative estimate of drug-likeness (QED) is 0.162. The van der Waals surface area contributed by atoms with Crippen molar-refractivity contribution in [3.63, 3.8) is 0 Å². The molecule has 5 nitrogen and oxygen atoms in total. The molecular formula is C64H38BN5. The highest BCUT2D eigenvalue weighted by atomic mass is 15.1. The summed E-state index contributed by atoms with van der Waals surface area (Å²) in [5.41, 5.74) is 24.2. The summed E-state index contributed by atoms with van der Waals surface area (Å²) in [7, 11) is 0. The van der Waals surface area contributed by atoms with Crippen LogP contribution < -0.4 is 16.4 Å². The molecule has 322 valence electrons. The zero-order valence-electron chi connectivity index (χ0n) is 37.8. The molecule has 5 aromatic heterocycles. The number of para-hydroxylation sites is 2. The van der Waals surface area contributed by atoms with E-state index >= 15 is 0 Å². The van der Waals surface area contributed by atoms with Crippen LogP contribution in [0.25, 0.3) is 127 Å². The summed E-state index contributed by atoms with van der Waals surface area (Å²) in [5, 5.41) is 7.44. The maximum atomic E-state index is 4.43. The standard InChI is InChI=1S/C64H38BN5/c1-3-11-39(12-4-1)43-19-21-50-51-22-20-44(40-13-5-2-6-14-40)36-59(51)68(58(50)35-43)47-37-60-62-61(38-47)70-57-18-10-8-16-49(57)53-32-46(42-25-29-67-30-26-42)34-55(64(53)70)65(62)54-33-45(41-23-27-66-28-24-41)31-52-48-15-7-9-17-56(48)69(60)63(52)54/h1-38H. The molecule has 0 atom stereocenters. The van der Waals surface area contributed by atoms with E-state index in [1.54, 1.807) is 0 Å². The largest absolute Gasteiger partial charge is 0.310 e. The van der Waals surface area contributed by atoms with Crippen LogP contribution in [0.5, 0.6) is 0 Å². The van der Waals surface area contributed by atoms with Crippen molar-refractivity contribution in [1.29, 1.82) is 0 Å². The fourth-order valence-corrected chi connectivity index (χ4v) is 12.4. The fraction of sp³-hybridized carbons (Fsp3) is 0. The normalized spacial score (nSPS) is 12.5. The van der Waals surface area contributed by atoms with E-state index in [9.17, 15) is 0 Å². The van der Waals surface area contributed by atoms with Crippen LogP contribution >= 0.6 is 0 Å². The molecule has 0 spiro atoms. The van der Waals surface area contributed by atoms with E-state index in [1.807, 2.05) is 24.8 Å². The summed E-state index contributed by atoms with van der Waals surface area (Å²) in [5.74, 6) is 0. The summed E-state index contributed by atoms with van der Waals surface area (Å²) in [6.07, 6.45) is 7.63. The van der Waals surface area contributed by atoms with Gasteiger partial charge in [0.05, 0.1) is 27.8 Å². The van der Waals surface area contributed by atoms with Gasteiger partial charge in [0.1, 0.15) is 0 Å². The minimum Gasteiger partial charge on any atom is -0.310 e. The van der Waals surface area contributed by atoms with Crippen LogP contribution in [0.3, 0.4) is 0 Å². The van der Waals surface area contributed by atoms with E-state index in [0.29, 0.717) is 0 Å². The van der Waals surface area contributed by atoms with Crippen molar-refractivity contribution in [2.24, 2.45) is 0 Å². The Morgan fingerprint density at radius 3 is 1.17 bits per heavy atom. The maximum absolute atomic E-state index is 4.43. The Morgan fingerprint density at radius 1 is 0.286 bits per heavy atom. The third-order valence-corrected chi connectivity index (χ3v) is 15.4. The predicted octanol–water partition coefficient (Wildman–Crippen LogP) is 13.6. The van der Waals surface area contributed by atoms with Gasteiger partial charge in [0.25, 0.3) is 6.71 Å². The summed E-state index contributed by atoms with van der Waals surface area (Å²) in [6, 6.07) is 76.9. The van der Waals surface area contributed by atoms with Crippen LogP contribution in [0.2, 0.25) is 0 Å². The van der Waals surface area contributed by atoms with Gasteiger partial charge >= 0.3 is 0 Å². The molecule has 16 rings (SSSR count). The van der Waals surface area contributed by atoms with Crippen molar-refractivity contribution in [3.05, 3.63) is 231 Å². The Kier molecular flexibility index (Phi) is 7.64. The maximum Gasteiger partial charge on any atom is 0.252 e. The average Bonchev–Trinajstić information content (AvgIpc) is 4.07. The molecule has 2 aliphatic rings. The molecule has 0 saturated heterocycles.